The molecule has 0 bridgehead atoms. The van der Waals surface area contributed by atoms with E-state index in [2.05, 4.69) is 0 Å². The van der Waals surface area contributed by atoms with Crippen LogP contribution in [-0.4, -0.2) is 29.0 Å². The van der Waals surface area contributed by atoms with Gasteiger partial charge in [-0.25, -0.2) is 4.79 Å². The molecule has 0 radical (unpaired) electrons. The Morgan fingerprint density at radius 2 is 2.28 bits per heavy atom. The topological polar surface area (TPSA) is 84.9 Å². The van der Waals surface area contributed by atoms with Gasteiger partial charge in [-0.05, 0) is 18.9 Å². The Balaban J connectivity index is 2.22. The van der Waals surface area contributed by atoms with Crippen molar-refractivity contribution in [2.75, 3.05) is 0 Å². The molecule has 0 aromatic heterocycles. The van der Waals surface area contributed by atoms with Gasteiger partial charge in [-0.2, -0.15) is 0 Å². The third kappa shape index (κ3) is 2.11. The molecule has 0 saturated carbocycles. The number of nitrogens with one attached hydrogen (secondary N) is 1. The third-order valence-electron chi connectivity index (χ3n) is 2.93. The number of alkyl carbamates (subject to hydrolysis) is 1. The van der Waals surface area contributed by atoms with Crippen LogP contribution in [0.2, 0.25) is 0 Å². The molecule has 18 heavy (non-hydrogen) atoms. The number of rotatable bonds is 4. The molecular weight excluding hydrogens is 238 g/mol. The third-order valence-corrected chi connectivity index (χ3v) is 2.93. The minimum atomic E-state index is -1.90. The second-order valence-corrected chi connectivity index (χ2v) is 4.21. The van der Waals surface area contributed by atoms with E-state index in [9.17, 15) is 14.7 Å². The molecule has 2 N–H and O–H groups in total. The zero-order valence-electron chi connectivity index (χ0n) is 10.0. The van der Waals surface area contributed by atoms with Gasteiger partial charge in [0.1, 0.15) is 0 Å². The SMILES string of the molecule is CCCCC1=CC=COC1(O)C1OC(=O)NC1=O. The van der Waals surface area contributed by atoms with Crippen LogP contribution in [0.3, 0.4) is 0 Å². The van der Waals surface area contributed by atoms with Crippen molar-refractivity contribution in [2.45, 2.75) is 38.1 Å². The van der Waals surface area contributed by atoms with Gasteiger partial charge in [0.05, 0.1) is 6.26 Å². The maximum Gasteiger partial charge on any atom is 0.415 e. The van der Waals surface area contributed by atoms with Crippen LogP contribution in [0.1, 0.15) is 26.2 Å². The molecule has 1 fully saturated rings. The number of aliphatic hydroxyl groups is 1. The van der Waals surface area contributed by atoms with Crippen molar-refractivity contribution in [1.82, 2.24) is 5.32 Å². The summed E-state index contributed by atoms with van der Waals surface area (Å²) in [5, 5.41) is 12.4. The van der Waals surface area contributed by atoms with Crippen molar-refractivity contribution in [3.63, 3.8) is 0 Å². The maximum atomic E-state index is 11.6. The number of imide groups is 1. The lowest BCUT2D eigenvalue weighted by molar-refractivity contribution is -0.197. The van der Waals surface area contributed by atoms with E-state index in [0.29, 0.717) is 12.0 Å². The fraction of sp³-hybridized carbons (Fsp3) is 0.500. The molecule has 0 aliphatic carbocycles. The molecule has 2 rings (SSSR count). The Morgan fingerprint density at radius 3 is 2.89 bits per heavy atom. The van der Waals surface area contributed by atoms with Gasteiger partial charge in [-0.15, -0.1) is 0 Å². The van der Waals surface area contributed by atoms with Crippen LogP contribution < -0.4 is 5.32 Å². The molecule has 1 saturated heterocycles. The number of cyclic esters (lactones) is 1. The first-order chi connectivity index (χ1) is 8.58. The average Bonchev–Trinajstić information content (AvgIpc) is 2.68. The highest BCUT2D eigenvalue weighted by Gasteiger charge is 2.53. The fourth-order valence-corrected chi connectivity index (χ4v) is 1.97. The predicted octanol–water partition coefficient (Wildman–Crippen LogP) is 0.970. The lowest BCUT2D eigenvalue weighted by Gasteiger charge is -2.33. The Kier molecular flexibility index (Phi) is 3.38. The number of carbonyl (C=O) groups is 2. The van der Waals surface area contributed by atoms with E-state index >= 15 is 0 Å². The summed E-state index contributed by atoms with van der Waals surface area (Å²) in [6, 6.07) is 0. The summed E-state index contributed by atoms with van der Waals surface area (Å²) < 4.78 is 9.92. The van der Waals surface area contributed by atoms with Gasteiger partial charge >= 0.3 is 6.09 Å². The Bertz CT molecular complexity index is 428. The first kappa shape index (κ1) is 12.6. The Labute approximate surface area is 104 Å². The normalized spacial score (nSPS) is 30.6. The zero-order valence-corrected chi connectivity index (χ0v) is 10.0. The van der Waals surface area contributed by atoms with E-state index in [0.717, 1.165) is 12.8 Å². The van der Waals surface area contributed by atoms with Crippen LogP contribution in [0.25, 0.3) is 0 Å². The number of allylic oxidation sites excluding steroid dienone is 2. The standard InChI is InChI=1S/C12H15NO5/c1-2-3-5-8-6-4-7-17-12(8,16)9-10(14)13-11(15)18-9/h4,6-7,9,16H,2-3,5H2,1H3,(H,13,14,15). The molecule has 98 valence electrons. The summed E-state index contributed by atoms with van der Waals surface area (Å²) >= 11 is 0. The van der Waals surface area contributed by atoms with E-state index in [1.165, 1.54) is 6.26 Å². The Morgan fingerprint density at radius 1 is 1.50 bits per heavy atom. The molecule has 0 aromatic carbocycles. The lowest BCUT2D eigenvalue weighted by atomic mass is 9.93. The number of hydrogen-bond acceptors (Lipinski definition) is 5. The van der Waals surface area contributed by atoms with Gasteiger partial charge in [-0.1, -0.05) is 19.4 Å². The van der Waals surface area contributed by atoms with E-state index in [1.807, 2.05) is 12.2 Å². The highest BCUT2D eigenvalue weighted by atomic mass is 16.7. The van der Waals surface area contributed by atoms with Gasteiger partial charge in [0.2, 0.25) is 0 Å². The van der Waals surface area contributed by atoms with Crippen LogP contribution in [0, 0.1) is 0 Å². The van der Waals surface area contributed by atoms with Gasteiger partial charge in [0.25, 0.3) is 17.8 Å². The zero-order chi connectivity index (χ0) is 13.2. The monoisotopic (exact) mass is 253 g/mol. The predicted molar refractivity (Wildman–Crippen MR) is 61.2 cm³/mol. The maximum absolute atomic E-state index is 11.6. The number of amides is 2. The quantitative estimate of drug-likeness (QED) is 0.779. The molecule has 2 atom stereocenters. The summed E-state index contributed by atoms with van der Waals surface area (Å²) in [7, 11) is 0. The van der Waals surface area contributed by atoms with Crippen LogP contribution in [0.15, 0.2) is 24.0 Å². The van der Waals surface area contributed by atoms with Crippen molar-refractivity contribution in [2.24, 2.45) is 0 Å². The molecule has 0 spiro atoms. The molecule has 6 nitrogen and oxygen atoms in total. The van der Waals surface area contributed by atoms with Crippen LogP contribution in [-0.2, 0) is 14.3 Å². The second-order valence-electron chi connectivity index (χ2n) is 4.21. The van der Waals surface area contributed by atoms with Gasteiger partial charge in [-0.3, -0.25) is 10.1 Å². The van der Waals surface area contributed by atoms with Crippen LogP contribution in [0.4, 0.5) is 4.79 Å². The van der Waals surface area contributed by atoms with E-state index in [4.69, 9.17) is 9.47 Å². The summed E-state index contributed by atoms with van der Waals surface area (Å²) in [4.78, 5) is 22.6. The highest BCUT2D eigenvalue weighted by molar-refractivity contribution is 6.00. The van der Waals surface area contributed by atoms with Crippen molar-refractivity contribution in [3.8, 4) is 0 Å². The molecule has 0 aromatic rings. The summed E-state index contributed by atoms with van der Waals surface area (Å²) in [6.45, 7) is 2.02. The number of ether oxygens (including phenoxy) is 2. The molecule has 2 aliphatic rings. The van der Waals surface area contributed by atoms with Gasteiger partial charge in [0, 0.05) is 5.57 Å². The molecule has 2 aliphatic heterocycles. The largest absolute Gasteiger partial charge is 0.462 e. The molecule has 2 amide bonds. The van der Waals surface area contributed by atoms with Gasteiger partial charge < -0.3 is 14.6 Å². The van der Waals surface area contributed by atoms with Crippen LogP contribution in [0.5, 0.6) is 0 Å². The fourth-order valence-electron chi connectivity index (χ4n) is 1.97. The summed E-state index contributed by atoms with van der Waals surface area (Å²) in [6.07, 6.45) is 4.70. The van der Waals surface area contributed by atoms with Crippen molar-refractivity contribution in [1.29, 1.82) is 0 Å². The molecule has 6 heteroatoms. The second kappa shape index (κ2) is 4.81. The molecular formula is C12H15NO5. The highest BCUT2D eigenvalue weighted by Crippen LogP contribution is 2.33. The van der Waals surface area contributed by atoms with Crippen molar-refractivity contribution < 1.29 is 24.2 Å². The number of hydrogen-bond donors (Lipinski definition) is 2. The smallest absolute Gasteiger partial charge is 0.415 e. The van der Waals surface area contributed by atoms with E-state index < -0.39 is 23.9 Å². The van der Waals surface area contributed by atoms with Crippen LogP contribution >= 0.6 is 0 Å². The summed E-state index contributed by atoms with van der Waals surface area (Å²) in [5.41, 5.74) is 0.529. The first-order valence-electron chi connectivity index (χ1n) is 5.85. The molecule has 2 heterocycles. The van der Waals surface area contributed by atoms with E-state index in [1.54, 1.807) is 12.2 Å². The minimum Gasteiger partial charge on any atom is -0.462 e. The minimum absolute atomic E-state index is 0.529. The Hall–Kier alpha value is -1.82. The molecule has 2 unspecified atom stereocenters. The van der Waals surface area contributed by atoms with Crippen molar-refractivity contribution >= 4 is 12.0 Å². The van der Waals surface area contributed by atoms with Crippen molar-refractivity contribution in [3.05, 3.63) is 24.0 Å². The number of carbonyl (C=O) groups excluding carboxylic acids is 2. The first-order valence-corrected chi connectivity index (χ1v) is 5.85. The van der Waals surface area contributed by atoms with E-state index in [-0.39, 0.29) is 0 Å². The lowest BCUT2D eigenvalue weighted by Crippen LogP contribution is -2.50. The number of unbranched alkanes of at least 4 members (excludes halogenated alkanes) is 1. The summed E-state index contributed by atoms with van der Waals surface area (Å²) in [5.74, 6) is -2.60. The average molecular weight is 253 g/mol. The van der Waals surface area contributed by atoms with Gasteiger partial charge in [0.15, 0.2) is 0 Å².